The summed E-state index contributed by atoms with van der Waals surface area (Å²) in [6, 6.07) is 1.45. The molecule has 2 aromatic rings. The molecule has 1 saturated carbocycles. The summed E-state index contributed by atoms with van der Waals surface area (Å²) in [6.45, 7) is 5.32. The average molecular weight is 396 g/mol. The Bertz CT molecular complexity index is 891. The van der Waals surface area contributed by atoms with Gasteiger partial charge >= 0.3 is 6.09 Å². The van der Waals surface area contributed by atoms with Crippen molar-refractivity contribution in [3.63, 3.8) is 0 Å². The second-order valence-electron chi connectivity index (χ2n) is 7.36. The third-order valence-electron chi connectivity index (χ3n) is 4.03. The Hall–Kier alpha value is -2.39. The fourth-order valence-corrected chi connectivity index (χ4v) is 2.75. The van der Waals surface area contributed by atoms with Crippen LogP contribution in [0.5, 0.6) is 0 Å². The molecule has 146 valence electrons. The van der Waals surface area contributed by atoms with Crippen LogP contribution in [-0.4, -0.2) is 58.5 Å². The first-order valence-electron chi connectivity index (χ1n) is 8.45. The SMILES string of the molecule is COC1CC1NC(=O)c1cnn2c(N(C)C(=O)OC(C)(C)C)cc(Cl)nc12. The lowest BCUT2D eigenvalue weighted by molar-refractivity contribution is 0.0587. The van der Waals surface area contributed by atoms with Crippen LogP contribution in [0.3, 0.4) is 0 Å². The Balaban J connectivity index is 1.91. The van der Waals surface area contributed by atoms with Gasteiger partial charge in [-0.3, -0.25) is 9.69 Å². The standard InChI is InChI=1S/C17H22ClN5O4/c1-17(2,3)27-16(25)22(4)13-7-12(18)21-14-9(8-19-23(13)14)15(24)20-10-6-11(10)26-5/h7-8,10-11H,6H2,1-5H3,(H,20,24). The number of amides is 2. The summed E-state index contributed by atoms with van der Waals surface area (Å²) in [5.74, 6) is 0.00896. The highest BCUT2D eigenvalue weighted by Crippen LogP contribution is 2.26. The molecule has 9 nitrogen and oxygen atoms in total. The summed E-state index contributed by atoms with van der Waals surface area (Å²) in [7, 11) is 3.14. The minimum atomic E-state index is -0.654. The monoisotopic (exact) mass is 395 g/mol. The molecular formula is C17H22ClN5O4. The van der Waals surface area contributed by atoms with Gasteiger partial charge in [0.15, 0.2) is 5.65 Å². The van der Waals surface area contributed by atoms with Crippen molar-refractivity contribution in [2.45, 2.75) is 44.9 Å². The first-order chi connectivity index (χ1) is 12.6. The summed E-state index contributed by atoms with van der Waals surface area (Å²) in [5.41, 5.74) is -0.142. The smallest absolute Gasteiger partial charge is 0.415 e. The maximum atomic E-state index is 12.5. The molecule has 10 heteroatoms. The predicted molar refractivity (Wildman–Crippen MR) is 99.3 cm³/mol. The number of nitrogens with zero attached hydrogens (tertiary/aromatic N) is 4. The number of aromatic nitrogens is 3. The van der Waals surface area contributed by atoms with Crippen molar-refractivity contribution in [1.29, 1.82) is 0 Å². The molecule has 1 fully saturated rings. The predicted octanol–water partition coefficient (Wildman–Crippen LogP) is 2.27. The molecular weight excluding hydrogens is 374 g/mol. The first-order valence-corrected chi connectivity index (χ1v) is 8.83. The summed E-state index contributed by atoms with van der Waals surface area (Å²) in [5, 5.41) is 7.20. The van der Waals surface area contributed by atoms with Crippen LogP contribution in [0.1, 0.15) is 37.6 Å². The van der Waals surface area contributed by atoms with Crippen LogP contribution in [0.4, 0.5) is 10.6 Å². The van der Waals surface area contributed by atoms with Gasteiger partial charge < -0.3 is 14.8 Å². The lowest BCUT2D eigenvalue weighted by Crippen LogP contribution is -2.35. The van der Waals surface area contributed by atoms with E-state index in [2.05, 4.69) is 15.4 Å². The van der Waals surface area contributed by atoms with Crippen LogP contribution in [-0.2, 0) is 9.47 Å². The molecule has 2 aromatic heterocycles. The van der Waals surface area contributed by atoms with Crippen LogP contribution in [0.15, 0.2) is 12.3 Å². The van der Waals surface area contributed by atoms with Gasteiger partial charge in [-0.05, 0) is 27.2 Å². The number of fused-ring (bicyclic) bond motifs is 1. The normalized spacial score (nSPS) is 19.0. The van der Waals surface area contributed by atoms with Crippen LogP contribution in [0, 0.1) is 0 Å². The molecule has 0 spiro atoms. The third-order valence-corrected chi connectivity index (χ3v) is 4.22. The molecule has 2 unspecified atom stereocenters. The highest BCUT2D eigenvalue weighted by molar-refractivity contribution is 6.30. The summed E-state index contributed by atoms with van der Waals surface area (Å²) in [4.78, 5) is 30.4. The maximum absolute atomic E-state index is 12.5. The van der Waals surface area contributed by atoms with Crippen LogP contribution in [0.25, 0.3) is 5.65 Å². The van der Waals surface area contributed by atoms with E-state index in [1.54, 1.807) is 27.9 Å². The number of ether oxygens (including phenoxy) is 2. The topological polar surface area (TPSA) is 98.1 Å². The quantitative estimate of drug-likeness (QED) is 0.797. The van der Waals surface area contributed by atoms with E-state index in [9.17, 15) is 9.59 Å². The molecule has 2 amide bonds. The molecule has 0 aliphatic heterocycles. The first kappa shape index (κ1) is 19.4. The number of anilines is 1. The van der Waals surface area contributed by atoms with E-state index in [-0.39, 0.29) is 34.4 Å². The zero-order valence-corrected chi connectivity index (χ0v) is 16.6. The maximum Gasteiger partial charge on any atom is 0.415 e. The summed E-state index contributed by atoms with van der Waals surface area (Å²) in [6.07, 6.45) is 1.61. The van der Waals surface area contributed by atoms with Gasteiger partial charge in [0, 0.05) is 20.2 Å². The number of hydrogen-bond donors (Lipinski definition) is 1. The number of rotatable bonds is 4. The fraction of sp³-hybridized carbons (Fsp3) is 0.529. The fourth-order valence-electron chi connectivity index (χ4n) is 2.57. The average Bonchev–Trinajstić information content (AvgIpc) is 3.18. The minimum absolute atomic E-state index is 0.0273. The number of methoxy groups -OCH3 is 1. The van der Waals surface area contributed by atoms with Gasteiger partial charge in [-0.1, -0.05) is 11.6 Å². The Labute approximate surface area is 161 Å². The van der Waals surface area contributed by atoms with Crippen molar-refractivity contribution in [3.05, 3.63) is 23.0 Å². The molecule has 0 saturated heterocycles. The number of nitrogens with one attached hydrogen (secondary N) is 1. The Morgan fingerprint density at radius 3 is 2.70 bits per heavy atom. The lowest BCUT2D eigenvalue weighted by Gasteiger charge is -2.24. The van der Waals surface area contributed by atoms with E-state index >= 15 is 0 Å². The van der Waals surface area contributed by atoms with Crippen molar-refractivity contribution in [2.24, 2.45) is 0 Å². The molecule has 3 rings (SSSR count). The number of halogens is 1. The Kier molecular flexibility index (Phi) is 5.00. The molecule has 2 heterocycles. The van der Waals surface area contributed by atoms with Crippen LogP contribution in [0.2, 0.25) is 5.15 Å². The van der Waals surface area contributed by atoms with E-state index in [0.29, 0.717) is 5.82 Å². The van der Waals surface area contributed by atoms with Gasteiger partial charge in [-0.15, -0.1) is 0 Å². The van der Waals surface area contributed by atoms with Crippen LogP contribution >= 0.6 is 11.6 Å². The molecule has 1 aliphatic carbocycles. The van der Waals surface area contributed by atoms with Crippen molar-refractivity contribution in [2.75, 3.05) is 19.1 Å². The number of carbonyl (C=O) groups is 2. The molecule has 1 aliphatic rings. The Morgan fingerprint density at radius 1 is 1.41 bits per heavy atom. The second-order valence-corrected chi connectivity index (χ2v) is 7.75. The largest absolute Gasteiger partial charge is 0.443 e. The molecule has 0 radical (unpaired) electrons. The van der Waals surface area contributed by atoms with E-state index in [4.69, 9.17) is 21.1 Å². The van der Waals surface area contributed by atoms with Crippen molar-refractivity contribution < 1.29 is 19.1 Å². The zero-order chi connectivity index (χ0) is 19.9. The third kappa shape index (κ3) is 4.14. The summed E-state index contributed by atoms with van der Waals surface area (Å²) < 4.78 is 11.9. The van der Waals surface area contributed by atoms with Gasteiger partial charge in [0.1, 0.15) is 22.1 Å². The van der Waals surface area contributed by atoms with E-state index in [0.717, 1.165) is 6.42 Å². The van der Waals surface area contributed by atoms with Gasteiger partial charge in [-0.2, -0.15) is 9.61 Å². The lowest BCUT2D eigenvalue weighted by atomic mass is 10.2. The summed E-state index contributed by atoms with van der Waals surface area (Å²) >= 11 is 6.12. The number of hydrogen-bond acceptors (Lipinski definition) is 6. The van der Waals surface area contributed by atoms with E-state index in [1.807, 2.05) is 0 Å². The molecule has 27 heavy (non-hydrogen) atoms. The molecule has 0 aromatic carbocycles. The van der Waals surface area contributed by atoms with E-state index in [1.165, 1.54) is 28.7 Å². The van der Waals surface area contributed by atoms with Gasteiger partial charge in [0.25, 0.3) is 5.91 Å². The second kappa shape index (κ2) is 6.97. The highest BCUT2D eigenvalue weighted by Gasteiger charge is 2.39. The van der Waals surface area contributed by atoms with Gasteiger partial charge in [0.05, 0.1) is 18.3 Å². The minimum Gasteiger partial charge on any atom is -0.443 e. The highest BCUT2D eigenvalue weighted by atomic mass is 35.5. The van der Waals surface area contributed by atoms with E-state index < -0.39 is 11.7 Å². The van der Waals surface area contributed by atoms with Crippen LogP contribution < -0.4 is 10.2 Å². The van der Waals surface area contributed by atoms with Crippen molar-refractivity contribution >= 4 is 35.1 Å². The molecule has 0 bridgehead atoms. The van der Waals surface area contributed by atoms with Gasteiger partial charge in [0.2, 0.25) is 0 Å². The molecule has 2 atom stereocenters. The van der Waals surface area contributed by atoms with Crippen molar-refractivity contribution in [3.8, 4) is 0 Å². The van der Waals surface area contributed by atoms with Gasteiger partial charge in [-0.25, -0.2) is 9.78 Å². The number of carbonyl (C=O) groups excluding carboxylic acids is 2. The zero-order valence-electron chi connectivity index (χ0n) is 15.8. The Morgan fingerprint density at radius 2 is 2.11 bits per heavy atom. The van der Waals surface area contributed by atoms with Crippen molar-refractivity contribution in [1.82, 2.24) is 19.9 Å². The molecule has 1 N–H and O–H groups in total.